The Balaban J connectivity index is 1.83. The van der Waals surface area contributed by atoms with Crippen LogP contribution in [0.2, 0.25) is 11.3 Å². The lowest BCUT2D eigenvalue weighted by Crippen LogP contribution is -2.55. The monoisotopic (exact) mass is 401 g/mol. The number of hydrogen-bond acceptors (Lipinski definition) is 4. The van der Waals surface area contributed by atoms with Crippen LogP contribution in [-0.2, 0) is 23.2 Å². The Bertz CT molecular complexity index is 740. The Kier molecular flexibility index (Phi) is 5.56. The number of benzene rings is 1. The SMILES string of the molecule is C[C@@]1(C(=O)O)c2cc(CN3CC(F)(F)C3)c(Cl)cc2C[C@@H]1CCCB(O)O. The lowest BCUT2D eigenvalue weighted by molar-refractivity contribution is -0.145. The van der Waals surface area contributed by atoms with Crippen molar-refractivity contribution in [2.24, 2.45) is 5.92 Å². The van der Waals surface area contributed by atoms with Crippen molar-refractivity contribution in [2.75, 3.05) is 13.1 Å². The Morgan fingerprint density at radius 3 is 2.59 bits per heavy atom. The van der Waals surface area contributed by atoms with E-state index in [0.29, 0.717) is 35.4 Å². The fourth-order valence-corrected chi connectivity index (χ4v) is 4.56. The van der Waals surface area contributed by atoms with Gasteiger partial charge in [0.1, 0.15) is 0 Å². The summed E-state index contributed by atoms with van der Waals surface area (Å²) in [7, 11) is -1.40. The number of likely N-dealkylation sites (tertiary alicyclic amines) is 1. The molecule has 27 heavy (non-hydrogen) atoms. The molecule has 0 unspecified atom stereocenters. The molecular formula is C18H23BClF2NO4. The number of fused-ring (bicyclic) bond motifs is 1. The number of nitrogens with zero attached hydrogens (tertiary/aromatic N) is 1. The van der Waals surface area contributed by atoms with Crippen molar-refractivity contribution < 1.29 is 28.7 Å². The maximum Gasteiger partial charge on any atom is 0.451 e. The van der Waals surface area contributed by atoms with E-state index in [2.05, 4.69) is 0 Å². The standard InChI is InChI=1S/C18H23BClF2NO4/c1-17(16(24)25)13(3-2-4-19(26)27)5-11-7-15(20)12(6-14(11)17)8-23-9-18(21,22)10-23/h6-7,13,26-27H,2-5,8-10H2,1H3,(H,24,25)/t13-,17-/m0/s1. The molecule has 0 aromatic heterocycles. The molecule has 1 aromatic carbocycles. The van der Waals surface area contributed by atoms with Crippen molar-refractivity contribution in [3.05, 3.63) is 33.8 Å². The van der Waals surface area contributed by atoms with Gasteiger partial charge in [-0.3, -0.25) is 9.69 Å². The molecule has 0 saturated carbocycles. The zero-order valence-corrected chi connectivity index (χ0v) is 15.8. The first-order valence-electron chi connectivity index (χ1n) is 9.04. The molecule has 3 N–H and O–H groups in total. The first-order valence-corrected chi connectivity index (χ1v) is 9.42. The van der Waals surface area contributed by atoms with Crippen LogP contribution in [0.5, 0.6) is 0 Å². The number of alkyl halides is 2. The zero-order chi connectivity index (χ0) is 20.0. The molecule has 0 radical (unpaired) electrons. The number of carboxylic acid groups (broad SMARTS) is 1. The van der Waals surface area contributed by atoms with E-state index in [1.807, 2.05) is 0 Å². The predicted molar refractivity (Wildman–Crippen MR) is 98.1 cm³/mol. The van der Waals surface area contributed by atoms with Crippen molar-refractivity contribution in [3.63, 3.8) is 0 Å². The van der Waals surface area contributed by atoms with Crippen LogP contribution in [0.3, 0.4) is 0 Å². The van der Waals surface area contributed by atoms with Crippen LogP contribution in [0, 0.1) is 5.92 Å². The number of carboxylic acids is 1. The summed E-state index contributed by atoms with van der Waals surface area (Å²) in [5.41, 5.74) is 1.08. The summed E-state index contributed by atoms with van der Waals surface area (Å²) in [5.74, 6) is -3.80. The summed E-state index contributed by atoms with van der Waals surface area (Å²) in [5, 5.41) is 28.4. The largest absolute Gasteiger partial charge is 0.481 e. The summed E-state index contributed by atoms with van der Waals surface area (Å²) in [6, 6.07) is 3.51. The second-order valence-electron chi connectivity index (χ2n) is 7.92. The summed E-state index contributed by atoms with van der Waals surface area (Å²) in [4.78, 5) is 13.7. The maximum absolute atomic E-state index is 13.1. The molecule has 5 nitrogen and oxygen atoms in total. The van der Waals surface area contributed by atoms with Crippen LogP contribution in [-0.4, -0.2) is 52.2 Å². The maximum atomic E-state index is 13.1. The molecule has 148 valence electrons. The fourth-order valence-electron chi connectivity index (χ4n) is 4.31. The van der Waals surface area contributed by atoms with Crippen LogP contribution >= 0.6 is 11.6 Å². The minimum absolute atomic E-state index is 0.191. The molecule has 2 atom stereocenters. The highest BCUT2D eigenvalue weighted by atomic mass is 35.5. The molecule has 0 bridgehead atoms. The van der Waals surface area contributed by atoms with Crippen molar-refractivity contribution in [1.29, 1.82) is 0 Å². The van der Waals surface area contributed by atoms with Crippen molar-refractivity contribution >= 4 is 24.7 Å². The van der Waals surface area contributed by atoms with Gasteiger partial charge in [-0.05, 0) is 54.8 Å². The molecule has 0 amide bonds. The van der Waals surface area contributed by atoms with E-state index in [1.165, 1.54) is 0 Å². The molecule has 1 aromatic rings. The topological polar surface area (TPSA) is 81.0 Å². The van der Waals surface area contributed by atoms with Gasteiger partial charge in [-0.1, -0.05) is 24.1 Å². The highest BCUT2D eigenvalue weighted by molar-refractivity contribution is 6.40. The van der Waals surface area contributed by atoms with E-state index in [-0.39, 0.29) is 31.9 Å². The lowest BCUT2D eigenvalue weighted by Gasteiger charge is -2.39. The molecule has 2 aliphatic rings. The van der Waals surface area contributed by atoms with Gasteiger partial charge in [0.25, 0.3) is 5.92 Å². The molecule has 9 heteroatoms. The minimum Gasteiger partial charge on any atom is -0.481 e. The molecule has 0 spiro atoms. The highest BCUT2D eigenvalue weighted by Crippen LogP contribution is 2.47. The van der Waals surface area contributed by atoms with Gasteiger partial charge in [-0.15, -0.1) is 0 Å². The van der Waals surface area contributed by atoms with Crippen LogP contribution in [0.15, 0.2) is 12.1 Å². The Labute approximate surface area is 162 Å². The van der Waals surface area contributed by atoms with E-state index >= 15 is 0 Å². The number of carbonyl (C=O) groups is 1. The summed E-state index contributed by atoms with van der Waals surface area (Å²) in [6.45, 7) is 1.31. The zero-order valence-electron chi connectivity index (χ0n) is 15.1. The van der Waals surface area contributed by atoms with E-state index in [9.17, 15) is 18.7 Å². The molecule has 1 saturated heterocycles. The van der Waals surface area contributed by atoms with Crippen molar-refractivity contribution in [2.45, 2.75) is 50.4 Å². The minimum atomic E-state index is -2.67. The van der Waals surface area contributed by atoms with Gasteiger partial charge in [0.2, 0.25) is 0 Å². The van der Waals surface area contributed by atoms with Crippen LogP contribution in [0.25, 0.3) is 0 Å². The predicted octanol–water partition coefficient (Wildman–Crippen LogP) is 2.56. The first-order chi connectivity index (χ1) is 12.5. The third-order valence-corrected chi connectivity index (χ3v) is 6.23. The molecular weight excluding hydrogens is 378 g/mol. The van der Waals surface area contributed by atoms with Crippen molar-refractivity contribution in [1.82, 2.24) is 4.90 Å². The normalized spacial score (nSPS) is 26.5. The second-order valence-corrected chi connectivity index (χ2v) is 8.33. The Hall–Kier alpha value is -1.22. The third-order valence-electron chi connectivity index (χ3n) is 5.88. The molecule has 1 aliphatic heterocycles. The third kappa shape index (κ3) is 3.99. The summed E-state index contributed by atoms with van der Waals surface area (Å²) >= 11 is 6.34. The number of halogens is 3. The van der Waals surface area contributed by atoms with Gasteiger partial charge in [0, 0.05) is 11.6 Å². The van der Waals surface area contributed by atoms with Gasteiger partial charge in [-0.2, -0.15) is 0 Å². The van der Waals surface area contributed by atoms with Gasteiger partial charge in [0.15, 0.2) is 0 Å². The van der Waals surface area contributed by atoms with E-state index in [1.54, 1.807) is 24.0 Å². The molecule has 1 heterocycles. The van der Waals surface area contributed by atoms with Crippen LogP contribution in [0.4, 0.5) is 8.78 Å². The quantitative estimate of drug-likeness (QED) is 0.612. The van der Waals surface area contributed by atoms with Crippen LogP contribution < -0.4 is 0 Å². The fraction of sp³-hybridized carbons (Fsp3) is 0.611. The van der Waals surface area contributed by atoms with Gasteiger partial charge in [0.05, 0.1) is 18.5 Å². The lowest BCUT2D eigenvalue weighted by atomic mass is 9.72. The Morgan fingerprint density at radius 2 is 2.04 bits per heavy atom. The summed E-state index contributed by atoms with van der Waals surface area (Å²) < 4.78 is 26.2. The number of hydrogen-bond donors (Lipinski definition) is 3. The van der Waals surface area contributed by atoms with Gasteiger partial charge >= 0.3 is 13.1 Å². The molecule has 3 rings (SSSR count). The Morgan fingerprint density at radius 1 is 1.37 bits per heavy atom. The number of aliphatic carboxylic acids is 1. The average molecular weight is 402 g/mol. The molecule has 1 aliphatic carbocycles. The number of rotatable bonds is 7. The second kappa shape index (κ2) is 7.31. The average Bonchev–Trinajstić information content (AvgIpc) is 2.79. The van der Waals surface area contributed by atoms with E-state index in [0.717, 1.165) is 5.56 Å². The molecule has 1 fully saturated rings. The smallest absolute Gasteiger partial charge is 0.451 e. The highest BCUT2D eigenvalue weighted by Gasteiger charge is 2.49. The summed E-state index contributed by atoms with van der Waals surface area (Å²) in [6.07, 6.45) is 1.78. The van der Waals surface area contributed by atoms with Gasteiger partial charge in [-0.25, -0.2) is 8.78 Å². The van der Waals surface area contributed by atoms with E-state index in [4.69, 9.17) is 21.6 Å². The van der Waals surface area contributed by atoms with Gasteiger partial charge < -0.3 is 15.2 Å². The van der Waals surface area contributed by atoms with E-state index < -0.39 is 24.4 Å². The first kappa shape index (κ1) is 20.5. The van der Waals surface area contributed by atoms with Crippen LogP contribution in [0.1, 0.15) is 36.5 Å². The van der Waals surface area contributed by atoms with Crippen molar-refractivity contribution in [3.8, 4) is 0 Å².